The van der Waals surface area contributed by atoms with Crippen LogP contribution >= 0.6 is 0 Å². The first kappa shape index (κ1) is 21.3. The largest absolute Gasteiger partial charge is 0.497 e. The molecular weight excluding hydrogens is 350 g/mol. The molecule has 0 aromatic heterocycles. The molecule has 2 saturated carbocycles. The van der Waals surface area contributed by atoms with Crippen molar-refractivity contribution < 1.29 is 14.6 Å². The fourth-order valence-corrected chi connectivity index (χ4v) is 5.48. The van der Waals surface area contributed by atoms with Gasteiger partial charge in [0.15, 0.2) is 0 Å². The second-order valence-corrected chi connectivity index (χ2v) is 8.77. The van der Waals surface area contributed by atoms with Gasteiger partial charge >= 0.3 is 0 Å². The zero-order chi connectivity index (χ0) is 20.5. The number of hydrogen-bond acceptors (Lipinski definition) is 4. The van der Waals surface area contributed by atoms with Crippen LogP contribution in [0.15, 0.2) is 18.2 Å². The summed E-state index contributed by atoms with van der Waals surface area (Å²) in [6.45, 7) is 10.3. The molecule has 28 heavy (non-hydrogen) atoms. The highest BCUT2D eigenvalue weighted by molar-refractivity contribution is 5.82. The van der Waals surface area contributed by atoms with E-state index in [1.807, 2.05) is 19.9 Å². The summed E-state index contributed by atoms with van der Waals surface area (Å²) < 4.78 is 5.47. The summed E-state index contributed by atoms with van der Waals surface area (Å²) in [5, 5.41) is 12.0. The number of aliphatic hydroxyl groups is 1. The van der Waals surface area contributed by atoms with Gasteiger partial charge in [-0.2, -0.15) is 0 Å². The van der Waals surface area contributed by atoms with Gasteiger partial charge in [-0.1, -0.05) is 19.9 Å². The van der Waals surface area contributed by atoms with Crippen LogP contribution in [0.25, 0.3) is 0 Å². The van der Waals surface area contributed by atoms with Crippen molar-refractivity contribution >= 4 is 5.78 Å². The summed E-state index contributed by atoms with van der Waals surface area (Å²) in [6.07, 6.45) is 4.97. The first-order chi connectivity index (χ1) is 13.4. The van der Waals surface area contributed by atoms with E-state index < -0.39 is 11.0 Å². The van der Waals surface area contributed by atoms with Crippen molar-refractivity contribution in [1.82, 2.24) is 4.90 Å². The second kappa shape index (κ2) is 8.16. The third-order valence-electron chi connectivity index (χ3n) is 7.33. The number of ether oxygens (including phenoxy) is 1. The molecule has 3 fully saturated rings. The summed E-state index contributed by atoms with van der Waals surface area (Å²) in [5.41, 5.74) is 0.873. The molecule has 1 aliphatic heterocycles. The Kier molecular flexibility index (Phi) is 6.21. The number of benzene rings is 1. The average Bonchev–Trinajstić information content (AvgIpc) is 3.52. The molecule has 3 aliphatic rings. The maximum absolute atomic E-state index is 12.5. The number of hydrogen-bond donors (Lipinski definition) is 1. The zero-order valence-electron chi connectivity index (χ0n) is 18.3. The van der Waals surface area contributed by atoms with Crippen LogP contribution in [-0.2, 0) is 10.2 Å². The first-order valence-electron chi connectivity index (χ1n) is 11.0. The van der Waals surface area contributed by atoms with Crippen LogP contribution in [0.1, 0.15) is 70.4 Å². The average molecular weight is 388 g/mol. The van der Waals surface area contributed by atoms with Gasteiger partial charge in [0, 0.05) is 30.8 Å². The van der Waals surface area contributed by atoms with Crippen LogP contribution in [0, 0.1) is 12.8 Å². The quantitative estimate of drug-likeness (QED) is 0.839. The van der Waals surface area contributed by atoms with E-state index in [-0.39, 0.29) is 11.8 Å². The molecule has 0 amide bonds. The number of methoxy groups -OCH3 is 1. The maximum Gasteiger partial charge on any atom is 0.134 e. The minimum Gasteiger partial charge on any atom is -0.497 e. The van der Waals surface area contributed by atoms with E-state index in [9.17, 15) is 9.90 Å². The molecule has 3 atom stereocenters. The number of ketones is 1. The van der Waals surface area contributed by atoms with Crippen LogP contribution < -0.4 is 4.74 Å². The van der Waals surface area contributed by atoms with Crippen molar-refractivity contribution in [2.45, 2.75) is 83.3 Å². The number of rotatable bonds is 4. The van der Waals surface area contributed by atoms with Crippen LogP contribution in [0.3, 0.4) is 0 Å². The summed E-state index contributed by atoms with van der Waals surface area (Å²) in [7, 11) is 1.67. The topological polar surface area (TPSA) is 49.8 Å². The van der Waals surface area contributed by atoms with E-state index in [1.165, 1.54) is 12.8 Å². The molecule has 1 aromatic carbocycles. The number of piperidine rings is 1. The Balaban J connectivity index is 0.00000109. The number of fused-ring (bicyclic) bond motifs is 1. The standard InChI is InChI=1S/C22H31NO3.C2H6/c1-15-4-7-19(26-3)12-20(15)21-10-11-23(14-17-5-6-17)16(2)22(21,25)9-8-18(24)13-21;1-2/h4,7,12,16-17,25H,5-6,8-11,13-14H2,1-3H3;1-2H3. The molecule has 0 bridgehead atoms. The molecule has 156 valence electrons. The van der Waals surface area contributed by atoms with Gasteiger partial charge in [-0.15, -0.1) is 0 Å². The van der Waals surface area contributed by atoms with Gasteiger partial charge in [0.2, 0.25) is 0 Å². The Labute approximate surface area is 170 Å². The van der Waals surface area contributed by atoms with Gasteiger partial charge < -0.3 is 9.84 Å². The molecule has 1 N–H and O–H groups in total. The third kappa shape index (κ3) is 3.50. The van der Waals surface area contributed by atoms with Gasteiger partial charge in [0.25, 0.3) is 0 Å². The van der Waals surface area contributed by atoms with Crippen LogP contribution in [0.5, 0.6) is 5.75 Å². The molecule has 0 spiro atoms. The van der Waals surface area contributed by atoms with Crippen LogP contribution in [-0.4, -0.2) is 47.6 Å². The molecule has 0 radical (unpaired) electrons. The van der Waals surface area contributed by atoms with Crippen molar-refractivity contribution in [2.75, 3.05) is 20.2 Å². The Morgan fingerprint density at radius 3 is 2.61 bits per heavy atom. The smallest absolute Gasteiger partial charge is 0.134 e. The lowest BCUT2D eigenvalue weighted by Crippen LogP contribution is -2.70. The number of likely N-dealkylation sites (tertiary alicyclic amines) is 1. The van der Waals surface area contributed by atoms with E-state index in [0.29, 0.717) is 19.3 Å². The van der Waals surface area contributed by atoms with Crippen molar-refractivity contribution in [3.8, 4) is 5.75 Å². The predicted octanol–water partition coefficient (Wildman–Crippen LogP) is 4.26. The minimum absolute atomic E-state index is 0.0653. The van der Waals surface area contributed by atoms with E-state index in [0.717, 1.165) is 42.3 Å². The lowest BCUT2D eigenvalue weighted by Gasteiger charge is -2.60. The number of aryl methyl sites for hydroxylation is 1. The molecular formula is C24H37NO3. The Morgan fingerprint density at radius 1 is 1.25 bits per heavy atom. The molecule has 4 nitrogen and oxygen atoms in total. The molecule has 3 unspecified atom stereocenters. The van der Waals surface area contributed by atoms with Crippen LogP contribution in [0.2, 0.25) is 0 Å². The Morgan fingerprint density at radius 2 is 1.96 bits per heavy atom. The summed E-state index contributed by atoms with van der Waals surface area (Å²) in [4.78, 5) is 15.0. The van der Waals surface area contributed by atoms with E-state index in [2.05, 4.69) is 30.9 Å². The molecule has 1 saturated heterocycles. The van der Waals surface area contributed by atoms with E-state index in [1.54, 1.807) is 7.11 Å². The molecule has 4 rings (SSSR count). The lowest BCUT2D eigenvalue weighted by atomic mass is 9.53. The normalized spacial score (nSPS) is 32.9. The van der Waals surface area contributed by atoms with Crippen molar-refractivity contribution in [3.05, 3.63) is 29.3 Å². The maximum atomic E-state index is 12.5. The zero-order valence-corrected chi connectivity index (χ0v) is 18.3. The molecule has 1 aromatic rings. The summed E-state index contributed by atoms with van der Waals surface area (Å²) in [6, 6.07) is 6.15. The highest BCUT2D eigenvalue weighted by atomic mass is 16.5. The second-order valence-electron chi connectivity index (χ2n) is 8.77. The first-order valence-corrected chi connectivity index (χ1v) is 11.0. The number of Topliss-reactive ketones (excluding diaryl/α,β-unsaturated/α-hetero) is 1. The van der Waals surface area contributed by atoms with Crippen molar-refractivity contribution in [2.24, 2.45) is 5.92 Å². The van der Waals surface area contributed by atoms with Gasteiger partial charge in [-0.25, -0.2) is 0 Å². The monoisotopic (exact) mass is 387 g/mol. The van der Waals surface area contributed by atoms with E-state index >= 15 is 0 Å². The summed E-state index contributed by atoms with van der Waals surface area (Å²) >= 11 is 0. The number of carbonyl (C=O) groups excluding carboxylic acids is 1. The SMILES string of the molecule is CC.COc1ccc(C)c(C23CCN(CC4CC4)C(C)C2(O)CCC(=O)C3)c1. The fraction of sp³-hybridized carbons (Fsp3) is 0.708. The van der Waals surface area contributed by atoms with Crippen LogP contribution in [0.4, 0.5) is 0 Å². The van der Waals surface area contributed by atoms with E-state index in [4.69, 9.17) is 4.74 Å². The van der Waals surface area contributed by atoms with Crippen molar-refractivity contribution in [3.63, 3.8) is 0 Å². The summed E-state index contributed by atoms with van der Waals surface area (Å²) in [5.74, 6) is 1.88. The van der Waals surface area contributed by atoms with Gasteiger partial charge in [0.1, 0.15) is 11.5 Å². The molecule has 2 aliphatic carbocycles. The number of carbonyl (C=O) groups is 1. The Hall–Kier alpha value is -1.39. The number of nitrogens with zero attached hydrogens (tertiary/aromatic N) is 1. The van der Waals surface area contributed by atoms with Gasteiger partial charge in [-0.05, 0) is 75.3 Å². The fourth-order valence-electron chi connectivity index (χ4n) is 5.48. The lowest BCUT2D eigenvalue weighted by molar-refractivity contribution is -0.164. The van der Waals surface area contributed by atoms with Crippen molar-refractivity contribution in [1.29, 1.82) is 0 Å². The molecule has 1 heterocycles. The third-order valence-corrected chi connectivity index (χ3v) is 7.33. The minimum atomic E-state index is -0.870. The highest BCUT2D eigenvalue weighted by Crippen LogP contribution is 2.54. The van der Waals surface area contributed by atoms with Gasteiger partial charge in [-0.3, -0.25) is 9.69 Å². The molecule has 4 heteroatoms. The van der Waals surface area contributed by atoms with Gasteiger partial charge in [0.05, 0.1) is 12.7 Å². The predicted molar refractivity (Wildman–Crippen MR) is 113 cm³/mol. The highest BCUT2D eigenvalue weighted by Gasteiger charge is 2.61. The Bertz CT molecular complexity index is 714.